The molecule has 118 valence electrons. The number of amides is 2. The third-order valence-corrected chi connectivity index (χ3v) is 4.14. The van der Waals surface area contributed by atoms with E-state index in [0.717, 1.165) is 29.9 Å². The molecule has 0 bridgehead atoms. The molecule has 0 aliphatic carbocycles. The van der Waals surface area contributed by atoms with Gasteiger partial charge in [-0.25, -0.2) is 0 Å². The normalized spacial score (nSPS) is 14.2. The maximum Gasteiger partial charge on any atom is 0.255 e. The molecular formula is C19H20N2O2. The summed E-state index contributed by atoms with van der Waals surface area (Å²) in [5.41, 5.74) is 4.47. The molecule has 3 rings (SSSR count). The number of carbonyl (C=O) groups excluding carboxylic acids is 2. The van der Waals surface area contributed by atoms with E-state index in [-0.39, 0.29) is 11.8 Å². The zero-order valence-electron chi connectivity index (χ0n) is 13.4. The molecule has 1 heterocycles. The van der Waals surface area contributed by atoms with Crippen LogP contribution in [0.3, 0.4) is 0 Å². The molecule has 2 aromatic rings. The number of nitrogens with zero attached hydrogens (tertiary/aromatic N) is 1. The molecule has 1 fully saturated rings. The quantitative estimate of drug-likeness (QED) is 0.940. The van der Waals surface area contributed by atoms with E-state index >= 15 is 0 Å². The molecule has 4 nitrogen and oxygen atoms in total. The van der Waals surface area contributed by atoms with Crippen molar-refractivity contribution < 1.29 is 9.59 Å². The van der Waals surface area contributed by atoms with Gasteiger partial charge in [0.25, 0.3) is 5.91 Å². The minimum absolute atomic E-state index is 0.142. The van der Waals surface area contributed by atoms with E-state index in [4.69, 9.17) is 0 Å². The Morgan fingerprint density at radius 1 is 1.09 bits per heavy atom. The molecule has 0 atom stereocenters. The highest BCUT2D eigenvalue weighted by molar-refractivity contribution is 6.05. The molecule has 1 saturated heterocycles. The molecule has 0 saturated carbocycles. The summed E-state index contributed by atoms with van der Waals surface area (Å²) in [4.78, 5) is 25.9. The van der Waals surface area contributed by atoms with Crippen molar-refractivity contribution >= 4 is 23.2 Å². The smallest absolute Gasteiger partial charge is 0.255 e. The Bertz CT molecular complexity index is 750. The Kier molecular flexibility index (Phi) is 4.15. The molecule has 0 spiro atoms. The van der Waals surface area contributed by atoms with Crippen LogP contribution < -0.4 is 10.2 Å². The van der Waals surface area contributed by atoms with Gasteiger partial charge in [-0.3, -0.25) is 9.59 Å². The van der Waals surface area contributed by atoms with E-state index in [1.165, 1.54) is 5.56 Å². The van der Waals surface area contributed by atoms with Gasteiger partial charge in [-0.15, -0.1) is 0 Å². The Balaban J connectivity index is 1.74. The van der Waals surface area contributed by atoms with Crippen molar-refractivity contribution in [1.82, 2.24) is 0 Å². The van der Waals surface area contributed by atoms with E-state index in [1.54, 1.807) is 17.0 Å². The van der Waals surface area contributed by atoms with Crippen LogP contribution in [0.2, 0.25) is 0 Å². The lowest BCUT2D eigenvalue weighted by atomic mass is 10.1. The standard InChI is InChI=1S/C19H20N2O2/c1-13-5-10-17(14(2)12-13)20-19(23)15-6-8-16(9-7-15)21-11-3-4-18(21)22/h5-10,12H,3-4,11H2,1-2H3,(H,20,23). The molecule has 1 N–H and O–H groups in total. The van der Waals surface area contributed by atoms with Crippen LogP contribution in [0.1, 0.15) is 34.3 Å². The third kappa shape index (κ3) is 3.26. The fraction of sp³-hybridized carbons (Fsp3) is 0.263. The Hall–Kier alpha value is -2.62. The number of hydrogen-bond donors (Lipinski definition) is 1. The van der Waals surface area contributed by atoms with Crippen LogP contribution in [-0.4, -0.2) is 18.4 Å². The summed E-state index contributed by atoms with van der Waals surface area (Å²) in [6, 6.07) is 13.1. The Morgan fingerprint density at radius 2 is 1.83 bits per heavy atom. The average molecular weight is 308 g/mol. The lowest BCUT2D eigenvalue weighted by Gasteiger charge is -2.16. The average Bonchev–Trinajstić information content (AvgIpc) is 2.96. The Labute approximate surface area is 136 Å². The van der Waals surface area contributed by atoms with E-state index in [2.05, 4.69) is 5.32 Å². The van der Waals surface area contributed by atoms with Gasteiger partial charge in [-0.05, 0) is 56.2 Å². The number of anilines is 2. The van der Waals surface area contributed by atoms with Gasteiger partial charge in [0.2, 0.25) is 5.91 Å². The molecule has 1 aliphatic rings. The summed E-state index contributed by atoms with van der Waals surface area (Å²) in [6.07, 6.45) is 1.50. The number of rotatable bonds is 3. The summed E-state index contributed by atoms with van der Waals surface area (Å²) in [5, 5.41) is 2.93. The van der Waals surface area contributed by atoms with Crippen molar-refractivity contribution in [1.29, 1.82) is 0 Å². The summed E-state index contributed by atoms with van der Waals surface area (Å²) >= 11 is 0. The molecule has 4 heteroatoms. The summed E-state index contributed by atoms with van der Waals surface area (Å²) in [5.74, 6) is 0.00809. The molecule has 1 aliphatic heterocycles. The van der Waals surface area contributed by atoms with Crippen molar-refractivity contribution in [3.63, 3.8) is 0 Å². The lowest BCUT2D eigenvalue weighted by Crippen LogP contribution is -2.23. The van der Waals surface area contributed by atoms with Crippen LogP contribution in [0.25, 0.3) is 0 Å². The minimum atomic E-state index is -0.142. The van der Waals surface area contributed by atoms with Gasteiger partial charge in [-0.2, -0.15) is 0 Å². The Morgan fingerprint density at radius 3 is 2.43 bits per heavy atom. The zero-order chi connectivity index (χ0) is 16.4. The molecule has 0 unspecified atom stereocenters. The number of aryl methyl sites for hydroxylation is 2. The van der Waals surface area contributed by atoms with Crippen LogP contribution in [0.4, 0.5) is 11.4 Å². The molecule has 2 amide bonds. The van der Waals surface area contributed by atoms with Crippen molar-refractivity contribution in [3.8, 4) is 0 Å². The maximum atomic E-state index is 12.4. The van der Waals surface area contributed by atoms with E-state index in [1.807, 2.05) is 44.2 Å². The molecule has 0 aromatic heterocycles. The molecule has 2 aromatic carbocycles. The van der Waals surface area contributed by atoms with E-state index < -0.39 is 0 Å². The van der Waals surface area contributed by atoms with Crippen molar-refractivity contribution in [2.45, 2.75) is 26.7 Å². The second-order valence-corrected chi connectivity index (χ2v) is 5.97. The summed E-state index contributed by atoms with van der Waals surface area (Å²) in [7, 11) is 0. The number of hydrogen-bond acceptors (Lipinski definition) is 2. The second-order valence-electron chi connectivity index (χ2n) is 5.97. The second kappa shape index (κ2) is 6.24. The largest absolute Gasteiger partial charge is 0.322 e. The maximum absolute atomic E-state index is 12.4. The number of nitrogens with one attached hydrogen (secondary N) is 1. The van der Waals surface area contributed by atoms with Gasteiger partial charge in [-0.1, -0.05) is 17.7 Å². The van der Waals surface area contributed by atoms with Crippen LogP contribution in [-0.2, 0) is 4.79 Å². The first-order valence-corrected chi connectivity index (χ1v) is 7.83. The van der Waals surface area contributed by atoms with Gasteiger partial charge < -0.3 is 10.2 Å². The van der Waals surface area contributed by atoms with Crippen LogP contribution in [0, 0.1) is 13.8 Å². The van der Waals surface area contributed by atoms with Gasteiger partial charge >= 0.3 is 0 Å². The monoisotopic (exact) mass is 308 g/mol. The van der Waals surface area contributed by atoms with E-state index in [9.17, 15) is 9.59 Å². The fourth-order valence-electron chi connectivity index (χ4n) is 2.86. The highest BCUT2D eigenvalue weighted by Crippen LogP contribution is 2.22. The first kappa shape index (κ1) is 15.3. The van der Waals surface area contributed by atoms with Crippen LogP contribution >= 0.6 is 0 Å². The van der Waals surface area contributed by atoms with Crippen LogP contribution in [0.5, 0.6) is 0 Å². The lowest BCUT2D eigenvalue weighted by molar-refractivity contribution is -0.117. The van der Waals surface area contributed by atoms with E-state index in [0.29, 0.717) is 12.0 Å². The van der Waals surface area contributed by atoms with Crippen LogP contribution in [0.15, 0.2) is 42.5 Å². The number of benzene rings is 2. The topological polar surface area (TPSA) is 49.4 Å². The molecule has 0 radical (unpaired) electrons. The summed E-state index contributed by atoms with van der Waals surface area (Å²) in [6.45, 7) is 4.76. The SMILES string of the molecule is Cc1ccc(NC(=O)c2ccc(N3CCCC3=O)cc2)c(C)c1. The molecule has 23 heavy (non-hydrogen) atoms. The molecular weight excluding hydrogens is 288 g/mol. The first-order chi connectivity index (χ1) is 11.0. The third-order valence-electron chi connectivity index (χ3n) is 4.14. The minimum Gasteiger partial charge on any atom is -0.322 e. The van der Waals surface area contributed by atoms with Gasteiger partial charge in [0.15, 0.2) is 0 Å². The van der Waals surface area contributed by atoms with Gasteiger partial charge in [0.05, 0.1) is 0 Å². The highest BCUT2D eigenvalue weighted by atomic mass is 16.2. The van der Waals surface area contributed by atoms with Gasteiger partial charge in [0, 0.05) is 29.9 Å². The van der Waals surface area contributed by atoms with Crippen molar-refractivity contribution in [2.75, 3.05) is 16.8 Å². The van der Waals surface area contributed by atoms with Gasteiger partial charge in [0.1, 0.15) is 0 Å². The predicted octanol–water partition coefficient (Wildman–Crippen LogP) is 3.68. The van der Waals surface area contributed by atoms with Crippen molar-refractivity contribution in [2.24, 2.45) is 0 Å². The summed E-state index contributed by atoms with van der Waals surface area (Å²) < 4.78 is 0. The predicted molar refractivity (Wildman–Crippen MR) is 91.9 cm³/mol. The highest BCUT2D eigenvalue weighted by Gasteiger charge is 2.21. The van der Waals surface area contributed by atoms with Crippen molar-refractivity contribution in [3.05, 3.63) is 59.2 Å². The zero-order valence-corrected chi connectivity index (χ0v) is 13.4. The number of carbonyl (C=O) groups is 2. The fourth-order valence-corrected chi connectivity index (χ4v) is 2.86. The first-order valence-electron chi connectivity index (χ1n) is 7.83.